The lowest BCUT2D eigenvalue weighted by Gasteiger charge is -2.11. The standard InChI is InChI=1S/C22H21N5O3/c1-27-15(7-11-2-3-13(21(25)26)8-17(11)27)10-16(22(28)29)19-9-14-6-12(20(23)24)4-5-18(14)30-19/h2-9,16H,10H2,1H3,(H3,23,24)(H3,25,26)(H,28,29). The fourth-order valence-electron chi connectivity index (χ4n) is 3.67. The third-order valence-corrected chi connectivity index (χ3v) is 5.36. The molecule has 0 amide bonds. The summed E-state index contributed by atoms with van der Waals surface area (Å²) >= 11 is 0. The number of aryl methyl sites for hydroxylation is 1. The molecule has 2 heterocycles. The van der Waals surface area contributed by atoms with E-state index < -0.39 is 11.9 Å². The van der Waals surface area contributed by atoms with Gasteiger partial charge in [-0.05, 0) is 41.8 Å². The molecular weight excluding hydrogens is 382 g/mol. The average Bonchev–Trinajstić information content (AvgIpc) is 3.25. The number of nitrogens with one attached hydrogen (secondary N) is 2. The van der Waals surface area contributed by atoms with Crippen molar-refractivity contribution in [2.45, 2.75) is 12.3 Å². The minimum absolute atomic E-state index is 0.0183. The molecule has 1 atom stereocenters. The highest BCUT2D eigenvalue weighted by Gasteiger charge is 2.26. The maximum Gasteiger partial charge on any atom is 0.314 e. The molecule has 8 nitrogen and oxygen atoms in total. The number of rotatable bonds is 6. The summed E-state index contributed by atoms with van der Waals surface area (Å²) in [6.45, 7) is 0. The number of aromatic nitrogens is 1. The van der Waals surface area contributed by atoms with Gasteiger partial charge in [-0.25, -0.2) is 0 Å². The Kier molecular flexibility index (Phi) is 4.54. The number of hydrogen-bond acceptors (Lipinski definition) is 4. The van der Waals surface area contributed by atoms with Gasteiger partial charge in [-0.1, -0.05) is 12.1 Å². The van der Waals surface area contributed by atoms with Gasteiger partial charge in [0.15, 0.2) is 0 Å². The number of carboxylic acids is 1. The second kappa shape index (κ2) is 7.07. The first-order chi connectivity index (χ1) is 14.2. The van der Waals surface area contributed by atoms with Crippen LogP contribution in [-0.2, 0) is 18.3 Å². The van der Waals surface area contributed by atoms with Gasteiger partial charge in [0.05, 0.1) is 0 Å². The van der Waals surface area contributed by atoms with E-state index >= 15 is 0 Å². The molecule has 4 aromatic rings. The quantitative estimate of drug-likeness (QED) is 0.247. The van der Waals surface area contributed by atoms with E-state index in [0.29, 0.717) is 27.9 Å². The van der Waals surface area contributed by atoms with Crippen molar-refractivity contribution in [3.8, 4) is 0 Å². The van der Waals surface area contributed by atoms with Crippen molar-refractivity contribution in [2.75, 3.05) is 0 Å². The smallest absolute Gasteiger partial charge is 0.314 e. The molecule has 2 aromatic heterocycles. The van der Waals surface area contributed by atoms with Gasteiger partial charge in [0.25, 0.3) is 0 Å². The number of nitrogen functional groups attached to an aromatic ring is 2. The molecule has 7 N–H and O–H groups in total. The Hall–Kier alpha value is -4.07. The van der Waals surface area contributed by atoms with Crippen molar-refractivity contribution >= 4 is 39.5 Å². The molecule has 0 bridgehead atoms. The highest BCUT2D eigenvalue weighted by atomic mass is 16.4. The summed E-state index contributed by atoms with van der Waals surface area (Å²) in [7, 11) is 1.86. The summed E-state index contributed by atoms with van der Waals surface area (Å²) in [5.74, 6) is -1.61. The molecule has 0 saturated heterocycles. The number of nitrogens with zero attached hydrogens (tertiary/aromatic N) is 1. The van der Waals surface area contributed by atoms with Crippen LogP contribution in [0.4, 0.5) is 0 Å². The lowest BCUT2D eigenvalue weighted by atomic mass is 10.00. The Bertz CT molecular complexity index is 1330. The average molecular weight is 403 g/mol. The molecule has 30 heavy (non-hydrogen) atoms. The Morgan fingerprint density at radius 2 is 1.70 bits per heavy atom. The van der Waals surface area contributed by atoms with Crippen molar-refractivity contribution in [1.29, 1.82) is 10.8 Å². The molecule has 8 heteroatoms. The maximum atomic E-state index is 12.1. The second-order valence-electron chi connectivity index (χ2n) is 7.29. The normalized spacial score (nSPS) is 12.3. The van der Waals surface area contributed by atoms with E-state index in [-0.39, 0.29) is 18.1 Å². The summed E-state index contributed by atoms with van der Waals surface area (Å²) in [5.41, 5.74) is 14.5. The third-order valence-electron chi connectivity index (χ3n) is 5.36. The van der Waals surface area contributed by atoms with Gasteiger partial charge in [-0.2, -0.15) is 0 Å². The number of furan rings is 1. The zero-order valence-corrected chi connectivity index (χ0v) is 16.3. The number of benzene rings is 2. The van der Waals surface area contributed by atoms with E-state index in [1.54, 1.807) is 30.3 Å². The lowest BCUT2D eigenvalue weighted by Crippen LogP contribution is -2.15. The van der Waals surface area contributed by atoms with Gasteiger partial charge in [0.2, 0.25) is 0 Å². The van der Waals surface area contributed by atoms with Crippen LogP contribution >= 0.6 is 0 Å². The van der Waals surface area contributed by atoms with Crippen molar-refractivity contribution in [3.05, 3.63) is 71.1 Å². The molecule has 0 radical (unpaired) electrons. The topological polar surface area (TPSA) is 155 Å². The van der Waals surface area contributed by atoms with E-state index in [1.165, 1.54) is 0 Å². The monoisotopic (exact) mass is 403 g/mol. The van der Waals surface area contributed by atoms with Gasteiger partial charge < -0.3 is 25.6 Å². The van der Waals surface area contributed by atoms with Crippen molar-refractivity contribution in [1.82, 2.24) is 4.57 Å². The van der Waals surface area contributed by atoms with Crippen LogP contribution in [0.2, 0.25) is 0 Å². The molecule has 152 valence electrons. The number of amidine groups is 2. The summed E-state index contributed by atoms with van der Waals surface area (Å²) in [4.78, 5) is 12.1. The molecule has 0 saturated carbocycles. The van der Waals surface area contributed by atoms with Crippen molar-refractivity contribution in [2.24, 2.45) is 18.5 Å². The first kappa shape index (κ1) is 19.3. The second-order valence-corrected chi connectivity index (χ2v) is 7.29. The van der Waals surface area contributed by atoms with Gasteiger partial charge in [-0.15, -0.1) is 0 Å². The first-order valence-corrected chi connectivity index (χ1v) is 9.28. The Morgan fingerprint density at radius 1 is 1.03 bits per heavy atom. The Balaban J connectivity index is 1.73. The molecule has 0 spiro atoms. The Morgan fingerprint density at radius 3 is 2.37 bits per heavy atom. The van der Waals surface area contributed by atoms with Crippen LogP contribution in [0, 0.1) is 10.8 Å². The van der Waals surface area contributed by atoms with Gasteiger partial charge in [-0.3, -0.25) is 15.6 Å². The number of hydrogen-bond donors (Lipinski definition) is 5. The number of aliphatic carboxylic acids is 1. The van der Waals surface area contributed by atoms with Crippen LogP contribution in [0.5, 0.6) is 0 Å². The minimum atomic E-state index is -0.990. The number of fused-ring (bicyclic) bond motifs is 2. The summed E-state index contributed by atoms with van der Waals surface area (Å²) in [6, 6.07) is 14.2. The predicted molar refractivity (Wildman–Crippen MR) is 115 cm³/mol. The summed E-state index contributed by atoms with van der Waals surface area (Å²) in [5, 5.41) is 26.7. The van der Waals surface area contributed by atoms with E-state index in [4.69, 9.17) is 26.7 Å². The zero-order chi connectivity index (χ0) is 21.6. The molecule has 0 aliphatic heterocycles. The SMILES string of the molecule is Cn1c(CC(C(=O)O)c2cc3cc(C(=N)N)ccc3o2)cc2ccc(C(=N)N)cc21. The number of carboxylic acid groups (broad SMARTS) is 1. The molecule has 4 rings (SSSR count). The Labute approximate surface area is 171 Å². The van der Waals surface area contributed by atoms with Gasteiger partial charge >= 0.3 is 5.97 Å². The zero-order valence-electron chi connectivity index (χ0n) is 16.3. The molecule has 0 aliphatic carbocycles. The van der Waals surface area contributed by atoms with Crippen LogP contribution < -0.4 is 11.5 Å². The summed E-state index contributed by atoms with van der Waals surface area (Å²) < 4.78 is 7.73. The summed E-state index contributed by atoms with van der Waals surface area (Å²) in [6.07, 6.45) is 0.231. The lowest BCUT2D eigenvalue weighted by molar-refractivity contribution is -0.139. The highest BCUT2D eigenvalue weighted by Crippen LogP contribution is 2.30. The molecule has 0 aliphatic rings. The molecule has 2 aromatic carbocycles. The van der Waals surface area contributed by atoms with Crippen molar-refractivity contribution in [3.63, 3.8) is 0 Å². The maximum absolute atomic E-state index is 12.1. The number of carbonyl (C=O) groups is 1. The molecule has 0 fully saturated rings. The van der Waals surface area contributed by atoms with Gasteiger partial charge in [0, 0.05) is 41.2 Å². The fourth-order valence-corrected chi connectivity index (χ4v) is 3.67. The molecule has 1 unspecified atom stereocenters. The van der Waals surface area contributed by atoms with Crippen molar-refractivity contribution < 1.29 is 14.3 Å². The van der Waals surface area contributed by atoms with Crippen LogP contribution in [0.15, 0.2) is 52.9 Å². The minimum Gasteiger partial charge on any atom is -0.481 e. The van der Waals surface area contributed by atoms with E-state index in [2.05, 4.69) is 0 Å². The van der Waals surface area contributed by atoms with Crippen LogP contribution in [0.25, 0.3) is 21.9 Å². The van der Waals surface area contributed by atoms with E-state index in [0.717, 1.165) is 16.6 Å². The largest absolute Gasteiger partial charge is 0.481 e. The van der Waals surface area contributed by atoms with Crippen LogP contribution in [0.1, 0.15) is 28.5 Å². The van der Waals surface area contributed by atoms with E-state index in [9.17, 15) is 9.90 Å². The highest BCUT2D eigenvalue weighted by molar-refractivity contribution is 5.99. The van der Waals surface area contributed by atoms with E-state index in [1.807, 2.05) is 29.8 Å². The van der Waals surface area contributed by atoms with Crippen LogP contribution in [-0.4, -0.2) is 27.3 Å². The third kappa shape index (κ3) is 3.28. The number of nitrogens with two attached hydrogens (primary N) is 2. The molecular formula is C22H21N5O3. The predicted octanol–water partition coefficient (Wildman–Crippen LogP) is 2.90. The fraction of sp³-hybridized carbons (Fsp3) is 0.136. The van der Waals surface area contributed by atoms with Gasteiger partial charge in [0.1, 0.15) is 28.9 Å². The first-order valence-electron chi connectivity index (χ1n) is 9.28. The van der Waals surface area contributed by atoms with Crippen LogP contribution in [0.3, 0.4) is 0 Å².